The van der Waals surface area contributed by atoms with Crippen molar-refractivity contribution >= 4 is 57.2 Å². The van der Waals surface area contributed by atoms with Gasteiger partial charge in [-0.15, -0.1) is 0 Å². The normalized spacial score (nSPS) is 15.6. The number of amides is 1. The fraction of sp³-hybridized carbons (Fsp3) is 0.214. The maximum Gasteiger partial charge on any atom is 0.266 e. The van der Waals surface area contributed by atoms with Gasteiger partial charge < -0.3 is 14.2 Å². The maximum absolute atomic E-state index is 13.1. The third-order valence-corrected chi connectivity index (χ3v) is 7.10. The molecule has 0 radical (unpaired) electrons. The van der Waals surface area contributed by atoms with Gasteiger partial charge in [0.2, 0.25) is 0 Å². The first kappa shape index (κ1) is 26.1. The van der Waals surface area contributed by atoms with Crippen LogP contribution in [0.5, 0.6) is 17.2 Å². The highest BCUT2D eigenvalue weighted by atomic mass is 127. The molecule has 0 aromatic heterocycles. The molecule has 0 unspecified atom stereocenters. The predicted octanol–water partition coefficient (Wildman–Crippen LogP) is 6.90. The van der Waals surface area contributed by atoms with Crippen molar-refractivity contribution in [2.75, 3.05) is 20.3 Å². The van der Waals surface area contributed by atoms with E-state index in [-0.39, 0.29) is 5.91 Å². The lowest BCUT2D eigenvalue weighted by atomic mass is 10.1. The molecule has 0 N–H and O–H groups in total. The Morgan fingerprint density at radius 3 is 2.39 bits per heavy atom. The first-order valence-corrected chi connectivity index (χ1v) is 13.5. The number of halogens is 1. The SMILES string of the molecule is CCOc1cc(/C=C2/SC(=Nc3ccc(OC)cc3)N(CC)C2=O)ccc1OCc1ccc(I)cc1. The quantitative estimate of drug-likeness (QED) is 0.194. The molecule has 1 heterocycles. The molecule has 1 aliphatic heterocycles. The lowest BCUT2D eigenvalue weighted by molar-refractivity contribution is -0.122. The second kappa shape index (κ2) is 12.3. The van der Waals surface area contributed by atoms with E-state index in [9.17, 15) is 4.79 Å². The number of carbonyl (C=O) groups is 1. The minimum absolute atomic E-state index is 0.0632. The van der Waals surface area contributed by atoms with E-state index in [1.165, 1.54) is 15.3 Å². The zero-order valence-electron chi connectivity index (χ0n) is 20.4. The van der Waals surface area contributed by atoms with Crippen LogP contribution in [0.15, 0.2) is 76.6 Å². The van der Waals surface area contributed by atoms with E-state index in [0.29, 0.717) is 41.3 Å². The van der Waals surface area contributed by atoms with Crippen molar-refractivity contribution in [1.29, 1.82) is 0 Å². The molecule has 4 rings (SSSR count). The van der Waals surface area contributed by atoms with Gasteiger partial charge in [-0.3, -0.25) is 9.69 Å². The van der Waals surface area contributed by atoms with E-state index in [2.05, 4.69) is 46.9 Å². The highest BCUT2D eigenvalue weighted by molar-refractivity contribution is 14.1. The van der Waals surface area contributed by atoms with Gasteiger partial charge in [0, 0.05) is 10.1 Å². The van der Waals surface area contributed by atoms with E-state index in [0.717, 1.165) is 22.6 Å². The molecule has 0 spiro atoms. The van der Waals surface area contributed by atoms with Gasteiger partial charge >= 0.3 is 0 Å². The summed E-state index contributed by atoms with van der Waals surface area (Å²) in [7, 11) is 1.63. The predicted molar refractivity (Wildman–Crippen MR) is 154 cm³/mol. The Morgan fingerprint density at radius 2 is 1.72 bits per heavy atom. The number of hydrogen-bond acceptors (Lipinski definition) is 6. The van der Waals surface area contributed by atoms with E-state index in [1.54, 1.807) is 12.0 Å². The van der Waals surface area contributed by atoms with Crippen molar-refractivity contribution in [2.45, 2.75) is 20.5 Å². The molecule has 0 saturated carbocycles. The summed E-state index contributed by atoms with van der Waals surface area (Å²) in [5.74, 6) is 2.01. The molecule has 1 amide bonds. The third-order valence-electron chi connectivity index (χ3n) is 5.37. The molecule has 6 nitrogen and oxygen atoms in total. The van der Waals surface area contributed by atoms with Crippen molar-refractivity contribution in [2.24, 2.45) is 4.99 Å². The lowest BCUT2D eigenvalue weighted by Crippen LogP contribution is -2.28. The molecule has 186 valence electrons. The molecular formula is C28H27IN2O4S. The van der Waals surface area contributed by atoms with Crippen LogP contribution in [0.25, 0.3) is 6.08 Å². The molecule has 3 aromatic rings. The summed E-state index contributed by atoms with van der Waals surface area (Å²) >= 11 is 3.65. The smallest absolute Gasteiger partial charge is 0.266 e. The fourth-order valence-electron chi connectivity index (χ4n) is 3.53. The van der Waals surface area contributed by atoms with Crippen molar-refractivity contribution in [3.63, 3.8) is 0 Å². The molecule has 1 fully saturated rings. The number of amidine groups is 1. The highest BCUT2D eigenvalue weighted by Crippen LogP contribution is 2.36. The minimum Gasteiger partial charge on any atom is -0.497 e. The molecule has 0 aliphatic carbocycles. The number of likely N-dealkylation sites (N-methyl/N-ethyl adjacent to an activating group) is 1. The van der Waals surface area contributed by atoms with Gasteiger partial charge in [0.05, 0.1) is 24.3 Å². The van der Waals surface area contributed by atoms with Gasteiger partial charge in [0.1, 0.15) is 12.4 Å². The zero-order valence-corrected chi connectivity index (χ0v) is 23.3. The Balaban J connectivity index is 1.54. The fourth-order valence-corrected chi connectivity index (χ4v) is 4.95. The van der Waals surface area contributed by atoms with Gasteiger partial charge in [0.15, 0.2) is 16.7 Å². The van der Waals surface area contributed by atoms with E-state index < -0.39 is 0 Å². The summed E-state index contributed by atoms with van der Waals surface area (Å²) in [5.41, 5.74) is 2.71. The number of nitrogens with zero attached hydrogens (tertiary/aromatic N) is 2. The summed E-state index contributed by atoms with van der Waals surface area (Å²) < 4.78 is 18.3. The van der Waals surface area contributed by atoms with Gasteiger partial charge in [-0.05, 0) is 114 Å². The standard InChI is InChI=1S/C28H27IN2O4S/c1-4-31-27(32)26(36-28(31)30-22-11-13-23(33-3)14-12-22)17-20-8-15-24(25(16-20)34-5-2)35-18-19-6-9-21(29)10-7-19/h6-17H,4-5,18H2,1-3H3/b26-17+,30-28?. The number of ether oxygens (including phenoxy) is 3. The zero-order chi connectivity index (χ0) is 25.5. The van der Waals surface area contributed by atoms with Crippen molar-refractivity contribution in [1.82, 2.24) is 4.90 Å². The van der Waals surface area contributed by atoms with E-state index in [4.69, 9.17) is 19.2 Å². The maximum atomic E-state index is 13.1. The highest BCUT2D eigenvalue weighted by Gasteiger charge is 2.32. The summed E-state index contributed by atoms with van der Waals surface area (Å²) in [5, 5.41) is 0.654. The van der Waals surface area contributed by atoms with Crippen LogP contribution in [0.4, 0.5) is 5.69 Å². The molecule has 0 atom stereocenters. The molecule has 1 aliphatic rings. The van der Waals surface area contributed by atoms with Crippen LogP contribution in [0.3, 0.4) is 0 Å². The van der Waals surface area contributed by atoms with Crippen molar-refractivity contribution < 1.29 is 19.0 Å². The number of benzene rings is 3. The molecule has 3 aromatic carbocycles. The van der Waals surface area contributed by atoms with Gasteiger partial charge in [-0.2, -0.15) is 0 Å². The summed E-state index contributed by atoms with van der Waals surface area (Å²) in [6, 6.07) is 21.4. The molecular weight excluding hydrogens is 587 g/mol. The molecule has 0 bridgehead atoms. The number of methoxy groups -OCH3 is 1. The van der Waals surface area contributed by atoms with Crippen LogP contribution in [-0.2, 0) is 11.4 Å². The first-order chi connectivity index (χ1) is 17.5. The van der Waals surface area contributed by atoms with E-state index in [1.807, 2.05) is 62.4 Å². The Morgan fingerprint density at radius 1 is 0.972 bits per heavy atom. The monoisotopic (exact) mass is 614 g/mol. The van der Waals surface area contributed by atoms with Crippen molar-refractivity contribution in [3.05, 3.63) is 86.3 Å². The molecule has 8 heteroatoms. The van der Waals surface area contributed by atoms with Crippen LogP contribution < -0.4 is 14.2 Å². The van der Waals surface area contributed by atoms with Crippen molar-refractivity contribution in [3.8, 4) is 17.2 Å². The number of carbonyl (C=O) groups excluding carboxylic acids is 1. The average Bonchev–Trinajstić information content (AvgIpc) is 3.18. The first-order valence-electron chi connectivity index (χ1n) is 11.6. The van der Waals surface area contributed by atoms with Crippen LogP contribution in [-0.4, -0.2) is 36.2 Å². The van der Waals surface area contributed by atoms with Crippen LogP contribution >= 0.6 is 34.4 Å². The van der Waals surface area contributed by atoms with Crippen LogP contribution in [0, 0.1) is 3.57 Å². The topological polar surface area (TPSA) is 60.4 Å². The second-order valence-electron chi connectivity index (χ2n) is 7.81. The Kier molecular flexibility index (Phi) is 8.93. The Labute approximate surface area is 229 Å². The van der Waals surface area contributed by atoms with Gasteiger partial charge in [0.25, 0.3) is 5.91 Å². The minimum atomic E-state index is -0.0632. The van der Waals surface area contributed by atoms with Crippen LogP contribution in [0.1, 0.15) is 25.0 Å². The van der Waals surface area contributed by atoms with Crippen LogP contribution in [0.2, 0.25) is 0 Å². The third kappa shape index (κ3) is 6.41. The Hall–Kier alpha value is -2.98. The molecule has 1 saturated heterocycles. The van der Waals surface area contributed by atoms with Gasteiger partial charge in [-0.1, -0.05) is 18.2 Å². The summed E-state index contributed by atoms with van der Waals surface area (Å²) in [4.78, 5) is 20.1. The number of aliphatic imine (C=N–C) groups is 1. The number of hydrogen-bond donors (Lipinski definition) is 0. The number of thioether (sulfide) groups is 1. The summed E-state index contributed by atoms with van der Waals surface area (Å²) in [6.45, 7) is 5.37. The summed E-state index contributed by atoms with van der Waals surface area (Å²) in [6.07, 6.45) is 1.87. The second-order valence-corrected chi connectivity index (χ2v) is 10.1. The molecule has 36 heavy (non-hydrogen) atoms. The lowest BCUT2D eigenvalue weighted by Gasteiger charge is -2.13. The Bertz CT molecular complexity index is 1270. The average molecular weight is 615 g/mol. The van der Waals surface area contributed by atoms with Gasteiger partial charge in [-0.25, -0.2) is 4.99 Å². The number of rotatable bonds is 9. The van der Waals surface area contributed by atoms with E-state index >= 15 is 0 Å². The largest absolute Gasteiger partial charge is 0.497 e.